The summed E-state index contributed by atoms with van der Waals surface area (Å²) in [6, 6.07) is 20.1. The molecule has 4 aromatic rings. The summed E-state index contributed by atoms with van der Waals surface area (Å²) in [7, 11) is 0. The molecule has 3 aromatic carbocycles. The molecule has 162 valence electrons. The number of hydrogen-bond donors (Lipinski definition) is 1. The first-order valence-corrected chi connectivity index (χ1v) is 10.4. The number of carbonyl (C=O) groups is 1. The lowest BCUT2D eigenvalue weighted by Crippen LogP contribution is -2.40. The minimum absolute atomic E-state index is 0.270. The van der Waals surface area contributed by atoms with Crippen molar-refractivity contribution in [2.45, 2.75) is 13.5 Å². The summed E-state index contributed by atoms with van der Waals surface area (Å²) in [4.78, 5) is 39.1. The third-order valence-corrected chi connectivity index (χ3v) is 5.10. The molecule has 0 saturated carbocycles. The minimum Gasteiger partial charge on any atom is -0.494 e. The van der Waals surface area contributed by atoms with E-state index in [2.05, 4.69) is 5.32 Å². The van der Waals surface area contributed by atoms with E-state index in [0.29, 0.717) is 39.7 Å². The van der Waals surface area contributed by atoms with Gasteiger partial charge in [0.1, 0.15) is 12.3 Å². The van der Waals surface area contributed by atoms with Gasteiger partial charge in [-0.05, 0) is 61.5 Å². The monoisotopic (exact) mass is 449 g/mol. The second kappa shape index (κ2) is 9.11. The molecule has 1 N–H and O–H groups in total. The Morgan fingerprint density at radius 1 is 1.00 bits per heavy atom. The van der Waals surface area contributed by atoms with Gasteiger partial charge in [0.25, 0.3) is 5.56 Å². The molecule has 0 saturated heterocycles. The highest BCUT2D eigenvalue weighted by Gasteiger charge is 2.16. The van der Waals surface area contributed by atoms with Crippen molar-refractivity contribution >= 4 is 34.1 Å². The molecular weight excluding hydrogens is 430 g/mol. The van der Waals surface area contributed by atoms with Gasteiger partial charge in [-0.1, -0.05) is 29.8 Å². The molecule has 32 heavy (non-hydrogen) atoms. The van der Waals surface area contributed by atoms with Crippen LogP contribution in [0.25, 0.3) is 16.6 Å². The molecule has 0 unspecified atom stereocenters. The van der Waals surface area contributed by atoms with E-state index >= 15 is 0 Å². The summed E-state index contributed by atoms with van der Waals surface area (Å²) in [6.07, 6.45) is 0. The number of nitrogens with one attached hydrogen (secondary N) is 1. The van der Waals surface area contributed by atoms with Crippen LogP contribution < -0.4 is 21.3 Å². The summed E-state index contributed by atoms with van der Waals surface area (Å²) >= 11 is 6.07. The molecule has 0 aliphatic rings. The number of anilines is 1. The molecule has 8 heteroatoms. The highest BCUT2D eigenvalue weighted by atomic mass is 35.5. The first-order chi connectivity index (χ1) is 15.5. The fourth-order valence-electron chi connectivity index (χ4n) is 3.46. The van der Waals surface area contributed by atoms with Crippen molar-refractivity contribution in [3.05, 3.63) is 98.7 Å². The van der Waals surface area contributed by atoms with Gasteiger partial charge in [0.2, 0.25) is 5.91 Å². The van der Waals surface area contributed by atoms with Gasteiger partial charge in [-0.2, -0.15) is 0 Å². The zero-order valence-corrected chi connectivity index (χ0v) is 18.0. The molecule has 4 rings (SSSR count). The van der Waals surface area contributed by atoms with Gasteiger partial charge in [-0.3, -0.25) is 14.2 Å². The number of halogens is 1. The van der Waals surface area contributed by atoms with Gasteiger partial charge < -0.3 is 10.1 Å². The number of nitrogens with zero attached hydrogens (tertiary/aromatic N) is 2. The largest absolute Gasteiger partial charge is 0.494 e. The highest BCUT2D eigenvalue weighted by molar-refractivity contribution is 6.30. The SMILES string of the molecule is CCOc1ccc(NC(=O)Cn2c(=O)n(-c3cccc(Cl)c3)c(=O)c3ccccc32)cc1. The zero-order valence-electron chi connectivity index (χ0n) is 17.2. The fourth-order valence-corrected chi connectivity index (χ4v) is 3.65. The predicted molar refractivity (Wildman–Crippen MR) is 125 cm³/mol. The van der Waals surface area contributed by atoms with E-state index in [1.807, 2.05) is 6.92 Å². The van der Waals surface area contributed by atoms with Crippen LogP contribution in [-0.2, 0) is 11.3 Å². The number of rotatable bonds is 6. The molecule has 0 fully saturated rings. The normalized spacial score (nSPS) is 10.8. The molecule has 1 aromatic heterocycles. The lowest BCUT2D eigenvalue weighted by Gasteiger charge is -2.14. The van der Waals surface area contributed by atoms with Crippen molar-refractivity contribution in [2.75, 3.05) is 11.9 Å². The van der Waals surface area contributed by atoms with Crippen LogP contribution in [0, 0.1) is 0 Å². The van der Waals surface area contributed by atoms with Crippen molar-refractivity contribution in [1.29, 1.82) is 0 Å². The standard InChI is InChI=1S/C24H20ClN3O4/c1-2-32-19-12-10-17(11-13-19)26-22(29)15-27-21-9-4-3-8-20(21)23(30)28(24(27)31)18-7-5-6-16(25)14-18/h3-14H,2,15H2,1H3,(H,26,29). The Labute approximate surface area is 188 Å². The van der Waals surface area contributed by atoms with Crippen LogP contribution in [0.5, 0.6) is 5.75 Å². The van der Waals surface area contributed by atoms with Crippen LogP contribution in [0.1, 0.15) is 6.92 Å². The van der Waals surface area contributed by atoms with E-state index in [0.717, 1.165) is 4.57 Å². The number of ether oxygens (including phenoxy) is 1. The summed E-state index contributed by atoms with van der Waals surface area (Å²) in [5, 5.41) is 3.48. The third kappa shape index (κ3) is 4.29. The van der Waals surface area contributed by atoms with Gasteiger partial charge in [-0.15, -0.1) is 0 Å². The van der Waals surface area contributed by atoms with Crippen molar-refractivity contribution < 1.29 is 9.53 Å². The quantitative estimate of drug-likeness (QED) is 0.485. The first-order valence-electron chi connectivity index (χ1n) is 10.0. The maximum absolute atomic E-state index is 13.3. The van der Waals surface area contributed by atoms with Crippen molar-refractivity contribution in [2.24, 2.45) is 0 Å². The van der Waals surface area contributed by atoms with Crippen molar-refractivity contribution in [1.82, 2.24) is 9.13 Å². The van der Waals surface area contributed by atoms with E-state index in [1.54, 1.807) is 66.7 Å². The molecule has 0 aliphatic carbocycles. The maximum atomic E-state index is 13.3. The summed E-state index contributed by atoms with van der Waals surface area (Å²) in [5.74, 6) is 0.291. The number of benzene rings is 3. The van der Waals surface area contributed by atoms with Gasteiger partial charge in [0.05, 0.1) is 23.2 Å². The second-order valence-corrected chi connectivity index (χ2v) is 7.45. The Kier molecular flexibility index (Phi) is 6.09. The fraction of sp³-hybridized carbons (Fsp3) is 0.125. The topological polar surface area (TPSA) is 82.3 Å². The molecule has 0 atom stereocenters. The lowest BCUT2D eigenvalue weighted by molar-refractivity contribution is -0.116. The number of amides is 1. The van der Waals surface area contributed by atoms with Crippen molar-refractivity contribution in [3.8, 4) is 11.4 Å². The molecular formula is C24H20ClN3O4. The minimum atomic E-state index is -0.627. The molecule has 0 bridgehead atoms. The van der Waals surface area contributed by atoms with Crippen LogP contribution >= 0.6 is 11.6 Å². The molecule has 0 spiro atoms. The van der Waals surface area contributed by atoms with E-state index in [4.69, 9.17) is 16.3 Å². The Balaban J connectivity index is 1.74. The Morgan fingerprint density at radius 3 is 2.47 bits per heavy atom. The highest BCUT2D eigenvalue weighted by Crippen LogP contribution is 2.17. The van der Waals surface area contributed by atoms with Crippen molar-refractivity contribution in [3.63, 3.8) is 0 Å². The van der Waals surface area contributed by atoms with E-state index < -0.39 is 17.2 Å². The maximum Gasteiger partial charge on any atom is 0.336 e. The molecule has 0 aliphatic heterocycles. The summed E-state index contributed by atoms with van der Waals surface area (Å²) in [6.45, 7) is 2.16. The Bertz CT molecular complexity index is 1410. The van der Waals surface area contributed by atoms with E-state index in [-0.39, 0.29) is 6.54 Å². The number of carbonyl (C=O) groups excluding carboxylic acids is 1. The number of fused-ring (bicyclic) bond motifs is 1. The molecule has 1 amide bonds. The van der Waals surface area contributed by atoms with E-state index in [9.17, 15) is 14.4 Å². The summed E-state index contributed by atoms with van der Waals surface area (Å²) in [5.41, 5.74) is 0.175. The number of hydrogen-bond acceptors (Lipinski definition) is 4. The average molecular weight is 450 g/mol. The predicted octanol–water partition coefficient (Wildman–Crippen LogP) is 3.84. The lowest BCUT2D eigenvalue weighted by atomic mass is 10.2. The molecule has 0 radical (unpaired) electrons. The van der Waals surface area contributed by atoms with Gasteiger partial charge in [-0.25, -0.2) is 9.36 Å². The number of para-hydroxylation sites is 1. The Hall–Kier alpha value is -3.84. The van der Waals surface area contributed by atoms with Gasteiger partial charge >= 0.3 is 5.69 Å². The second-order valence-electron chi connectivity index (χ2n) is 7.01. The van der Waals surface area contributed by atoms with Crippen LogP contribution in [0.2, 0.25) is 5.02 Å². The molecule has 7 nitrogen and oxygen atoms in total. The van der Waals surface area contributed by atoms with Crippen LogP contribution in [0.3, 0.4) is 0 Å². The van der Waals surface area contributed by atoms with Crippen LogP contribution in [0.15, 0.2) is 82.4 Å². The van der Waals surface area contributed by atoms with Crippen LogP contribution in [0.4, 0.5) is 5.69 Å². The summed E-state index contributed by atoms with van der Waals surface area (Å²) < 4.78 is 7.71. The van der Waals surface area contributed by atoms with Crippen LogP contribution in [-0.4, -0.2) is 21.6 Å². The Morgan fingerprint density at radius 2 is 1.75 bits per heavy atom. The third-order valence-electron chi connectivity index (χ3n) is 4.87. The van der Waals surface area contributed by atoms with Gasteiger partial charge in [0.15, 0.2) is 0 Å². The van der Waals surface area contributed by atoms with Gasteiger partial charge in [0, 0.05) is 10.7 Å². The molecule has 1 heterocycles. The first kappa shape index (κ1) is 21.4. The smallest absolute Gasteiger partial charge is 0.336 e. The zero-order chi connectivity index (χ0) is 22.7. The van der Waals surface area contributed by atoms with E-state index in [1.165, 1.54) is 10.6 Å². The average Bonchev–Trinajstić information content (AvgIpc) is 2.78. The number of aromatic nitrogens is 2.